The van der Waals surface area contributed by atoms with Crippen LogP contribution < -0.4 is 10.0 Å². The van der Waals surface area contributed by atoms with Crippen molar-refractivity contribution < 1.29 is 22.7 Å². The van der Waals surface area contributed by atoms with Gasteiger partial charge in [0, 0.05) is 39.5 Å². The first-order chi connectivity index (χ1) is 10.9. The predicted octanol–water partition coefficient (Wildman–Crippen LogP) is 0.686. The van der Waals surface area contributed by atoms with Gasteiger partial charge >= 0.3 is 0 Å². The van der Waals surface area contributed by atoms with Crippen LogP contribution in [-0.2, 0) is 19.5 Å². The minimum atomic E-state index is -3.65. The fourth-order valence-electron chi connectivity index (χ4n) is 1.88. The topological polar surface area (TPSA) is 93.7 Å². The summed E-state index contributed by atoms with van der Waals surface area (Å²) in [6, 6.07) is 4.49. The summed E-state index contributed by atoms with van der Waals surface area (Å²) in [7, 11) is -0.549. The van der Waals surface area contributed by atoms with Crippen LogP contribution in [-0.4, -0.2) is 54.8 Å². The molecular weight excluding hydrogens is 320 g/mol. The molecule has 0 saturated carbocycles. The first kappa shape index (κ1) is 19.6. The highest BCUT2D eigenvalue weighted by molar-refractivity contribution is 7.89. The Hall–Kier alpha value is -1.48. The summed E-state index contributed by atoms with van der Waals surface area (Å²) in [6.07, 6.45) is 0.575. The lowest BCUT2D eigenvalue weighted by atomic mass is 10.1. The molecule has 0 aliphatic rings. The summed E-state index contributed by atoms with van der Waals surface area (Å²) < 4.78 is 36.7. The van der Waals surface area contributed by atoms with E-state index >= 15 is 0 Å². The minimum Gasteiger partial charge on any atom is -0.385 e. The van der Waals surface area contributed by atoms with Gasteiger partial charge in [0.2, 0.25) is 10.0 Å². The van der Waals surface area contributed by atoms with Crippen LogP contribution in [0.25, 0.3) is 0 Å². The summed E-state index contributed by atoms with van der Waals surface area (Å²) in [5, 5.41) is 2.68. The zero-order chi connectivity index (χ0) is 17.3. The van der Waals surface area contributed by atoms with Gasteiger partial charge in [0.15, 0.2) is 0 Å². The monoisotopic (exact) mass is 344 g/mol. The van der Waals surface area contributed by atoms with Crippen molar-refractivity contribution in [1.29, 1.82) is 0 Å². The fraction of sp³-hybridized carbons (Fsp3) is 0.533. The van der Waals surface area contributed by atoms with E-state index in [1.807, 2.05) is 0 Å². The summed E-state index contributed by atoms with van der Waals surface area (Å²) >= 11 is 0. The van der Waals surface area contributed by atoms with Crippen LogP contribution in [0, 0.1) is 6.92 Å². The molecule has 0 spiro atoms. The smallest absolute Gasteiger partial charge is 0.251 e. The minimum absolute atomic E-state index is 0.0670. The van der Waals surface area contributed by atoms with Gasteiger partial charge in [-0.2, -0.15) is 0 Å². The van der Waals surface area contributed by atoms with E-state index in [9.17, 15) is 13.2 Å². The molecule has 1 aromatic rings. The van der Waals surface area contributed by atoms with Gasteiger partial charge in [-0.25, -0.2) is 13.1 Å². The number of sulfonamides is 1. The van der Waals surface area contributed by atoms with Crippen molar-refractivity contribution >= 4 is 15.9 Å². The van der Waals surface area contributed by atoms with Crippen LogP contribution >= 0.6 is 0 Å². The van der Waals surface area contributed by atoms with Crippen molar-refractivity contribution in [3.63, 3.8) is 0 Å². The van der Waals surface area contributed by atoms with E-state index in [0.717, 1.165) is 0 Å². The van der Waals surface area contributed by atoms with Gasteiger partial charge < -0.3 is 14.8 Å². The molecule has 2 N–H and O–H groups in total. The van der Waals surface area contributed by atoms with Crippen LogP contribution in [0.15, 0.2) is 23.1 Å². The van der Waals surface area contributed by atoms with Crippen molar-refractivity contribution in [2.24, 2.45) is 0 Å². The normalized spacial score (nSPS) is 11.4. The second-order valence-corrected chi connectivity index (χ2v) is 6.74. The average molecular weight is 344 g/mol. The number of nitrogens with one attached hydrogen (secondary N) is 2. The van der Waals surface area contributed by atoms with Gasteiger partial charge in [0.05, 0.1) is 11.5 Å². The van der Waals surface area contributed by atoms with Crippen molar-refractivity contribution in [3.8, 4) is 0 Å². The Bertz CT molecular complexity index is 616. The zero-order valence-corrected chi connectivity index (χ0v) is 14.5. The molecule has 0 radical (unpaired) electrons. The molecule has 0 aliphatic heterocycles. The van der Waals surface area contributed by atoms with Crippen LogP contribution in [0.2, 0.25) is 0 Å². The van der Waals surface area contributed by atoms with Gasteiger partial charge in [-0.15, -0.1) is 0 Å². The molecule has 0 heterocycles. The lowest BCUT2D eigenvalue weighted by Crippen LogP contribution is -2.29. The molecule has 0 unspecified atom stereocenters. The maximum Gasteiger partial charge on any atom is 0.251 e. The van der Waals surface area contributed by atoms with Crippen LogP contribution in [0.5, 0.6) is 0 Å². The highest BCUT2D eigenvalue weighted by atomic mass is 32.2. The number of amides is 1. The number of hydrogen-bond donors (Lipinski definition) is 2. The van der Waals surface area contributed by atoms with E-state index in [0.29, 0.717) is 37.3 Å². The molecule has 7 nitrogen and oxygen atoms in total. The van der Waals surface area contributed by atoms with Crippen LogP contribution in [0.4, 0.5) is 0 Å². The summed E-state index contributed by atoms with van der Waals surface area (Å²) in [5.74, 6) is -0.323. The molecule has 23 heavy (non-hydrogen) atoms. The van der Waals surface area contributed by atoms with E-state index in [2.05, 4.69) is 10.0 Å². The molecule has 1 rings (SSSR count). The molecular formula is C15H24N2O5S. The maximum absolute atomic E-state index is 12.2. The molecule has 0 fully saturated rings. The molecule has 130 valence electrons. The Morgan fingerprint density at radius 1 is 1.13 bits per heavy atom. The summed E-state index contributed by atoms with van der Waals surface area (Å²) in [4.78, 5) is 12.2. The van der Waals surface area contributed by atoms with Crippen molar-refractivity contribution in [1.82, 2.24) is 10.0 Å². The Kier molecular flexibility index (Phi) is 8.18. The number of rotatable bonds is 10. The van der Waals surface area contributed by atoms with Gasteiger partial charge in [-0.05, 0) is 31.0 Å². The highest BCUT2D eigenvalue weighted by Crippen LogP contribution is 2.15. The quantitative estimate of drug-likeness (QED) is 0.609. The molecule has 0 bridgehead atoms. The van der Waals surface area contributed by atoms with Crippen molar-refractivity contribution in [2.75, 3.05) is 40.5 Å². The number of benzene rings is 1. The fourth-order valence-corrected chi connectivity index (χ4v) is 2.98. The third-order valence-corrected chi connectivity index (χ3v) is 4.63. The largest absolute Gasteiger partial charge is 0.385 e. The second-order valence-electron chi connectivity index (χ2n) is 4.97. The molecule has 1 aromatic carbocycles. The molecule has 0 saturated heterocycles. The molecule has 0 aromatic heterocycles. The van der Waals surface area contributed by atoms with Crippen LogP contribution in [0.3, 0.4) is 0 Å². The maximum atomic E-state index is 12.2. The second kappa shape index (κ2) is 9.61. The number of methoxy groups -OCH3 is 2. The van der Waals surface area contributed by atoms with Crippen molar-refractivity contribution in [2.45, 2.75) is 18.2 Å². The first-order valence-corrected chi connectivity index (χ1v) is 8.77. The number of ether oxygens (including phenoxy) is 2. The van der Waals surface area contributed by atoms with Gasteiger partial charge in [0.25, 0.3) is 5.91 Å². The molecule has 0 atom stereocenters. The summed E-state index contributed by atoms with van der Waals surface area (Å²) in [5.41, 5.74) is 1.04. The van der Waals surface area contributed by atoms with Gasteiger partial charge in [-0.1, -0.05) is 6.07 Å². The predicted molar refractivity (Wildman–Crippen MR) is 87.1 cm³/mol. The lowest BCUT2D eigenvalue weighted by Gasteiger charge is -2.11. The third kappa shape index (κ3) is 6.26. The zero-order valence-electron chi connectivity index (χ0n) is 13.7. The van der Waals surface area contributed by atoms with E-state index in [1.165, 1.54) is 12.1 Å². The van der Waals surface area contributed by atoms with Gasteiger partial charge in [0.1, 0.15) is 0 Å². The Balaban J connectivity index is 2.84. The highest BCUT2D eigenvalue weighted by Gasteiger charge is 2.17. The Labute approximate surface area is 137 Å². The van der Waals surface area contributed by atoms with Gasteiger partial charge in [-0.3, -0.25) is 4.79 Å². The standard InChI is InChI=1S/C15H24N2O5S/c1-12-5-6-13(23(19,20)17-7-4-9-21-2)11-14(12)15(18)16-8-10-22-3/h5-6,11,17H,4,7-10H2,1-3H3,(H,16,18). The SMILES string of the molecule is COCCCNS(=O)(=O)c1ccc(C)c(C(=O)NCCOC)c1. The number of carbonyl (C=O) groups is 1. The summed E-state index contributed by atoms with van der Waals surface area (Å²) in [6.45, 7) is 3.27. The van der Waals surface area contributed by atoms with E-state index < -0.39 is 10.0 Å². The number of aryl methyl sites for hydroxylation is 1. The molecule has 8 heteroatoms. The van der Waals surface area contributed by atoms with E-state index in [1.54, 1.807) is 27.2 Å². The molecule has 0 aliphatic carbocycles. The molecule has 1 amide bonds. The van der Waals surface area contributed by atoms with Crippen molar-refractivity contribution in [3.05, 3.63) is 29.3 Å². The lowest BCUT2D eigenvalue weighted by molar-refractivity contribution is 0.0936. The van der Waals surface area contributed by atoms with Crippen LogP contribution in [0.1, 0.15) is 22.3 Å². The Morgan fingerprint density at radius 2 is 1.83 bits per heavy atom. The third-order valence-electron chi connectivity index (χ3n) is 3.17. The number of hydrogen-bond acceptors (Lipinski definition) is 5. The average Bonchev–Trinajstić information content (AvgIpc) is 2.52. The first-order valence-electron chi connectivity index (χ1n) is 7.28. The van der Waals surface area contributed by atoms with E-state index in [4.69, 9.17) is 9.47 Å². The van der Waals surface area contributed by atoms with E-state index in [-0.39, 0.29) is 17.3 Å². The Morgan fingerprint density at radius 3 is 2.48 bits per heavy atom. The number of carbonyl (C=O) groups excluding carboxylic acids is 1.